The van der Waals surface area contributed by atoms with Crippen molar-refractivity contribution in [1.82, 2.24) is 0 Å². The number of ether oxygens (including phenoxy) is 1. The molecule has 20 heavy (non-hydrogen) atoms. The second-order valence-electron chi connectivity index (χ2n) is 5.23. The number of fused-ring (bicyclic) bond motifs is 2. The molecule has 1 aliphatic rings. The number of aryl methyl sites for hydroxylation is 2. The van der Waals surface area contributed by atoms with E-state index in [9.17, 15) is 9.90 Å². The number of carbonyl (C=O) groups is 1. The lowest BCUT2D eigenvalue weighted by Gasteiger charge is -2.16. The Bertz CT molecular complexity index is 689. The maximum absolute atomic E-state index is 11.8. The SMILES string of the molecule is Cc1cc2c(cc1C)C(C(=O)O)c1ccccc1CO2. The van der Waals surface area contributed by atoms with Gasteiger partial charge in [-0.25, -0.2) is 0 Å². The van der Waals surface area contributed by atoms with Crippen LogP contribution in [0.2, 0.25) is 0 Å². The monoisotopic (exact) mass is 268 g/mol. The molecule has 3 rings (SSSR count). The van der Waals surface area contributed by atoms with Crippen LogP contribution in [0.3, 0.4) is 0 Å². The summed E-state index contributed by atoms with van der Waals surface area (Å²) in [6, 6.07) is 11.5. The van der Waals surface area contributed by atoms with Gasteiger partial charge in [0.05, 0.1) is 0 Å². The van der Waals surface area contributed by atoms with Gasteiger partial charge in [0, 0.05) is 5.56 Å². The Labute approximate surface area is 117 Å². The molecule has 0 saturated carbocycles. The van der Waals surface area contributed by atoms with Crippen LogP contribution in [-0.4, -0.2) is 11.1 Å². The van der Waals surface area contributed by atoms with Crippen molar-refractivity contribution in [2.24, 2.45) is 0 Å². The summed E-state index contributed by atoms with van der Waals surface area (Å²) in [5, 5.41) is 9.66. The quantitative estimate of drug-likeness (QED) is 0.862. The van der Waals surface area contributed by atoms with Crippen LogP contribution in [0.25, 0.3) is 0 Å². The summed E-state index contributed by atoms with van der Waals surface area (Å²) in [7, 11) is 0. The van der Waals surface area contributed by atoms with Gasteiger partial charge in [0.2, 0.25) is 0 Å². The van der Waals surface area contributed by atoms with Gasteiger partial charge in [-0.1, -0.05) is 30.3 Å². The summed E-state index contributed by atoms with van der Waals surface area (Å²) in [4.78, 5) is 11.8. The summed E-state index contributed by atoms with van der Waals surface area (Å²) in [5.41, 5.74) is 4.69. The second-order valence-corrected chi connectivity index (χ2v) is 5.23. The second kappa shape index (κ2) is 4.67. The van der Waals surface area contributed by atoms with Gasteiger partial charge in [0.1, 0.15) is 18.3 Å². The minimum atomic E-state index is -0.840. The highest BCUT2D eigenvalue weighted by Crippen LogP contribution is 2.38. The number of carboxylic acids is 1. The van der Waals surface area contributed by atoms with Crippen molar-refractivity contribution in [3.63, 3.8) is 0 Å². The average molecular weight is 268 g/mol. The fourth-order valence-corrected chi connectivity index (χ4v) is 2.70. The van der Waals surface area contributed by atoms with E-state index in [-0.39, 0.29) is 0 Å². The fraction of sp³-hybridized carbons (Fsp3) is 0.235. The van der Waals surface area contributed by atoms with E-state index in [1.807, 2.05) is 50.2 Å². The van der Waals surface area contributed by atoms with Crippen molar-refractivity contribution in [1.29, 1.82) is 0 Å². The Morgan fingerprint density at radius 3 is 2.60 bits per heavy atom. The zero-order valence-electron chi connectivity index (χ0n) is 11.5. The van der Waals surface area contributed by atoms with Gasteiger partial charge < -0.3 is 9.84 Å². The summed E-state index contributed by atoms with van der Waals surface area (Å²) >= 11 is 0. The van der Waals surface area contributed by atoms with Gasteiger partial charge in [-0.15, -0.1) is 0 Å². The molecule has 0 bridgehead atoms. The van der Waals surface area contributed by atoms with Crippen molar-refractivity contribution < 1.29 is 14.6 Å². The molecule has 0 amide bonds. The molecule has 0 saturated heterocycles. The molecule has 1 unspecified atom stereocenters. The molecule has 0 radical (unpaired) electrons. The minimum absolute atomic E-state index is 0.412. The average Bonchev–Trinajstić information content (AvgIpc) is 2.56. The minimum Gasteiger partial charge on any atom is -0.489 e. The number of carboxylic acid groups (broad SMARTS) is 1. The van der Waals surface area contributed by atoms with E-state index in [4.69, 9.17) is 4.74 Å². The number of rotatable bonds is 1. The Hall–Kier alpha value is -2.29. The van der Waals surface area contributed by atoms with Crippen molar-refractivity contribution in [3.8, 4) is 5.75 Å². The highest BCUT2D eigenvalue weighted by atomic mass is 16.5. The lowest BCUT2D eigenvalue weighted by atomic mass is 9.87. The van der Waals surface area contributed by atoms with Gasteiger partial charge in [0.25, 0.3) is 0 Å². The first kappa shape index (κ1) is 12.7. The largest absolute Gasteiger partial charge is 0.489 e. The van der Waals surface area contributed by atoms with Gasteiger partial charge in [-0.2, -0.15) is 0 Å². The molecule has 102 valence electrons. The predicted octanol–water partition coefficient (Wildman–Crippen LogP) is 3.41. The van der Waals surface area contributed by atoms with E-state index in [2.05, 4.69) is 0 Å². The van der Waals surface area contributed by atoms with Crippen molar-refractivity contribution in [2.45, 2.75) is 26.4 Å². The van der Waals surface area contributed by atoms with E-state index in [1.54, 1.807) is 0 Å². The molecule has 1 aliphatic heterocycles. The molecular formula is C17H16O3. The van der Waals surface area contributed by atoms with Gasteiger partial charge in [-0.05, 0) is 42.2 Å². The van der Waals surface area contributed by atoms with Crippen molar-refractivity contribution in [2.75, 3.05) is 0 Å². The molecule has 1 N–H and O–H groups in total. The van der Waals surface area contributed by atoms with Gasteiger partial charge in [-0.3, -0.25) is 4.79 Å². The summed E-state index contributed by atoms with van der Waals surface area (Å²) in [6.45, 7) is 4.41. The van der Waals surface area contributed by atoms with Crippen LogP contribution < -0.4 is 4.74 Å². The molecule has 0 aromatic heterocycles. The third kappa shape index (κ3) is 1.95. The molecule has 2 aromatic rings. The zero-order valence-corrected chi connectivity index (χ0v) is 11.5. The topological polar surface area (TPSA) is 46.5 Å². The van der Waals surface area contributed by atoms with Crippen molar-refractivity contribution >= 4 is 5.97 Å². The first-order chi connectivity index (χ1) is 9.58. The highest BCUT2D eigenvalue weighted by molar-refractivity contribution is 5.82. The fourth-order valence-electron chi connectivity index (χ4n) is 2.70. The molecular weight excluding hydrogens is 252 g/mol. The van der Waals surface area contributed by atoms with E-state index in [1.165, 1.54) is 0 Å². The van der Waals surface area contributed by atoms with E-state index in [0.717, 1.165) is 27.8 Å². The molecule has 1 atom stereocenters. The Kier molecular flexibility index (Phi) is 2.97. The van der Waals surface area contributed by atoms with Gasteiger partial charge >= 0.3 is 5.97 Å². The molecule has 0 spiro atoms. The number of hydrogen-bond acceptors (Lipinski definition) is 2. The number of hydrogen-bond donors (Lipinski definition) is 1. The first-order valence-corrected chi connectivity index (χ1v) is 6.62. The standard InChI is InChI=1S/C17H16O3/c1-10-7-14-15(8-11(10)2)20-9-12-5-3-4-6-13(12)16(14)17(18)19/h3-8,16H,9H2,1-2H3,(H,18,19). The third-order valence-corrected chi connectivity index (χ3v) is 3.93. The maximum atomic E-state index is 11.8. The number of benzene rings is 2. The van der Waals surface area contributed by atoms with E-state index < -0.39 is 11.9 Å². The van der Waals surface area contributed by atoms with Crippen LogP contribution in [0.5, 0.6) is 5.75 Å². The van der Waals surface area contributed by atoms with Crippen LogP contribution in [0.1, 0.15) is 33.7 Å². The molecule has 0 fully saturated rings. The lowest BCUT2D eigenvalue weighted by molar-refractivity contribution is -0.137. The molecule has 0 aliphatic carbocycles. The Balaban J connectivity index is 2.27. The normalized spacial score (nSPS) is 16.6. The van der Waals surface area contributed by atoms with Crippen molar-refractivity contribution in [3.05, 3.63) is 64.2 Å². The predicted molar refractivity (Wildman–Crippen MR) is 76.2 cm³/mol. The Morgan fingerprint density at radius 1 is 1.15 bits per heavy atom. The Morgan fingerprint density at radius 2 is 1.85 bits per heavy atom. The zero-order chi connectivity index (χ0) is 14.3. The third-order valence-electron chi connectivity index (χ3n) is 3.93. The molecule has 1 heterocycles. The lowest BCUT2D eigenvalue weighted by Crippen LogP contribution is -2.14. The molecule has 2 aromatic carbocycles. The highest BCUT2D eigenvalue weighted by Gasteiger charge is 2.30. The smallest absolute Gasteiger partial charge is 0.315 e. The van der Waals surface area contributed by atoms with Crippen LogP contribution in [-0.2, 0) is 11.4 Å². The summed E-state index contributed by atoms with van der Waals surface area (Å²) in [5.74, 6) is -0.827. The van der Waals surface area contributed by atoms with Gasteiger partial charge in [0.15, 0.2) is 0 Å². The van der Waals surface area contributed by atoms with E-state index >= 15 is 0 Å². The van der Waals surface area contributed by atoms with Crippen LogP contribution in [0, 0.1) is 13.8 Å². The maximum Gasteiger partial charge on any atom is 0.315 e. The molecule has 3 heteroatoms. The number of aliphatic carboxylic acids is 1. The summed E-state index contributed by atoms with van der Waals surface area (Å²) in [6.07, 6.45) is 0. The van der Waals surface area contributed by atoms with Crippen LogP contribution in [0.15, 0.2) is 36.4 Å². The first-order valence-electron chi connectivity index (χ1n) is 6.62. The van der Waals surface area contributed by atoms with Crippen LogP contribution in [0.4, 0.5) is 0 Å². The summed E-state index contributed by atoms with van der Waals surface area (Å²) < 4.78 is 5.83. The van der Waals surface area contributed by atoms with E-state index in [0.29, 0.717) is 12.4 Å². The van der Waals surface area contributed by atoms with Crippen LogP contribution >= 0.6 is 0 Å². The molecule has 3 nitrogen and oxygen atoms in total.